The van der Waals surface area contributed by atoms with E-state index >= 15 is 0 Å². The summed E-state index contributed by atoms with van der Waals surface area (Å²) in [5.41, 5.74) is 5.77. The maximum Gasteiger partial charge on any atom is 0.213 e. The molecule has 7 heteroatoms. The number of nitrogens with zero attached hydrogens (tertiary/aromatic N) is 5. The molecule has 0 aliphatic rings. The quantitative estimate of drug-likeness (QED) is 0.223. The van der Waals surface area contributed by atoms with Crippen LogP contribution in [0.25, 0.3) is 11.5 Å². The molecule has 0 amide bonds. The standard InChI is InChI=1S/C21H21N3.C8H6FN3/c1-3-10-19-15-20(24-23-16(19)2)22-21(17-11-6-4-7-12-17)18-13-8-5-9-14-18;9-7-3-1-2-6(12-7)8-10-4-5-11-8/h4-9,11-15H,3,10H2,1-2H3;1-5H,(H,10,11). The zero-order valence-electron chi connectivity index (χ0n) is 20.3. The first kappa shape index (κ1) is 24.6. The molecule has 5 rings (SSSR count). The minimum absolute atomic E-state index is 0.496. The van der Waals surface area contributed by atoms with E-state index < -0.39 is 5.95 Å². The molecule has 36 heavy (non-hydrogen) atoms. The number of hydrogen-bond donors (Lipinski definition) is 1. The molecule has 1 N–H and O–H groups in total. The molecule has 0 spiro atoms. The monoisotopic (exact) mass is 478 g/mol. The van der Waals surface area contributed by atoms with Gasteiger partial charge in [0.2, 0.25) is 5.95 Å². The number of halogens is 1. The summed E-state index contributed by atoms with van der Waals surface area (Å²) in [5.74, 6) is 0.741. The van der Waals surface area contributed by atoms with Gasteiger partial charge in [-0.3, -0.25) is 0 Å². The SMILES string of the molecule is CCCc1cc(N=C(c2ccccc2)c2ccccc2)nnc1C.Fc1cccc(-c2ncc[nH]2)n1. The van der Waals surface area contributed by atoms with Crippen LogP contribution in [0.2, 0.25) is 0 Å². The van der Waals surface area contributed by atoms with Gasteiger partial charge in [0.25, 0.3) is 0 Å². The Morgan fingerprint density at radius 2 is 1.58 bits per heavy atom. The number of aryl methyl sites for hydroxylation is 2. The van der Waals surface area contributed by atoms with Gasteiger partial charge in [0, 0.05) is 23.5 Å². The summed E-state index contributed by atoms with van der Waals surface area (Å²) in [6.07, 6.45) is 5.35. The van der Waals surface area contributed by atoms with Crippen molar-refractivity contribution in [3.05, 3.63) is 126 Å². The summed E-state index contributed by atoms with van der Waals surface area (Å²) in [6.45, 7) is 4.17. The predicted octanol–water partition coefficient (Wildman–Crippen LogP) is 6.52. The number of rotatable bonds is 6. The van der Waals surface area contributed by atoms with E-state index in [9.17, 15) is 4.39 Å². The molecule has 0 fully saturated rings. The maximum absolute atomic E-state index is 12.6. The van der Waals surface area contributed by atoms with Crippen LogP contribution in [0.5, 0.6) is 0 Å². The summed E-state index contributed by atoms with van der Waals surface area (Å²) in [6, 6.07) is 27.0. The van der Waals surface area contributed by atoms with E-state index in [4.69, 9.17) is 4.99 Å². The highest BCUT2D eigenvalue weighted by molar-refractivity contribution is 6.13. The van der Waals surface area contributed by atoms with Crippen LogP contribution in [-0.4, -0.2) is 30.9 Å². The number of aromatic nitrogens is 5. The molecule has 2 aromatic carbocycles. The van der Waals surface area contributed by atoms with Crippen molar-refractivity contribution in [2.45, 2.75) is 26.7 Å². The van der Waals surface area contributed by atoms with Crippen molar-refractivity contribution < 1.29 is 4.39 Å². The van der Waals surface area contributed by atoms with Gasteiger partial charge in [-0.25, -0.2) is 15.0 Å². The molecule has 180 valence electrons. The highest BCUT2D eigenvalue weighted by Crippen LogP contribution is 2.19. The lowest BCUT2D eigenvalue weighted by molar-refractivity contribution is 0.585. The normalized spacial score (nSPS) is 10.3. The largest absolute Gasteiger partial charge is 0.343 e. The van der Waals surface area contributed by atoms with Crippen molar-refractivity contribution in [1.29, 1.82) is 0 Å². The molecule has 0 radical (unpaired) electrons. The van der Waals surface area contributed by atoms with Gasteiger partial charge >= 0.3 is 0 Å². The van der Waals surface area contributed by atoms with Crippen LogP contribution >= 0.6 is 0 Å². The number of nitrogens with one attached hydrogen (secondary N) is 1. The molecular formula is C29H27FN6. The van der Waals surface area contributed by atoms with Gasteiger partial charge in [-0.1, -0.05) is 80.1 Å². The van der Waals surface area contributed by atoms with Gasteiger partial charge in [0.15, 0.2) is 11.6 Å². The van der Waals surface area contributed by atoms with Gasteiger partial charge in [-0.05, 0) is 37.1 Å². The molecule has 3 aromatic heterocycles. The predicted molar refractivity (Wildman–Crippen MR) is 141 cm³/mol. The second-order valence-corrected chi connectivity index (χ2v) is 8.04. The topological polar surface area (TPSA) is 79.7 Å². The molecule has 5 aromatic rings. The fourth-order valence-electron chi connectivity index (χ4n) is 3.60. The minimum Gasteiger partial charge on any atom is -0.343 e. The fourth-order valence-corrected chi connectivity index (χ4v) is 3.60. The van der Waals surface area contributed by atoms with Crippen molar-refractivity contribution >= 4 is 11.5 Å². The van der Waals surface area contributed by atoms with E-state index in [-0.39, 0.29) is 0 Å². The first-order chi connectivity index (χ1) is 17.6. The van der Waals surface area contributed by atoms with Crippen LogP contribution < -0.4 is 0 Å². The second-order valence-electron chi connectivity index (χ2n) is 8.04. The first-order valence-electron chi connectivity index (χ1n) is 11.8. The van der Waals surface area contributed by atoms with Crippen LogP contribution in [-0.2, 0) is 6.42 Å². The molecule has 0 bridgehead atoms. The third-order valence-electron chi connectivity index (χ3n) is 5.37. The zero-order chi connectivity index (χ0) is 25.2. The van der Waals surface area contributed by atoms with E-state index in [1.165, 1.54) is 11.6 Å². The number of pyridine rings is 1. The Kier molecular flexibility index (Phi) is 8.38. The van der Waals surface area contributed by atoms with E-state index in [1.807, 2.05) is 43.3 Å². The Bertz CT molecular complexity index is 1360. The summed E-state index contributed by atoms with van der Waals surface area (Å²) < 4.78 is 12.6. The molecule has 0 unspecified atom stereocenters. The summed E-state index contributed by atoms with van der Waals surface area (Å²) >= 11 is 0. The molecule has 0 saturated heterocycles. The summed E-state index contributed by atoms with van der Waals surface area (Å²) in [5, 5.41) is 8.56. The average molecular weight is 479 g/mol. The highest BCUT2D eigenvalue weighted by Gasteiger charge is 2.09. The van der Waals surface area contributed by atoms with Crippen molar-refractivity contribution in [2.24, 2.45) is 4.99 Å². The molecule has 0 aliphatic heterocycles. The minimum atomic E-state index is -0.496. The number of H-pyrrole nitrogens is 1. The lowest BCUT2D eigenvalue weighted by Gasteiger charge is -2.08. The van der Waals surface area contributed by atoms with Gasteiger partial charge < -0.3 is 4.98 Å². The van der Waals surface area contributed by atoms with Gasteiger partial charge in [0.1, 0.15) is 5.69 Å². The van der Waals surface area contributed by atoms with Gasteiger partial charge in [0.05, 0.1) is 11.4 Å². The number of aliphatic imine (C=N–C) groups is 1. The first-order valence-corrected chi connectivity index (χ1v) is 11.8. The molecule has 0 atom stereocenters. The smallest absolute Gasteiger partial charge is 0.213 e. The van der Waals surface area contributed by atoms with Gasteiger partial charge in [-0.2, -0.15) is 9.49 Å². The van der Waals surface area contributed by atoms with E-state index in [0.717, 1.165) is 35.4 Å². The van der Waals surface area contributed by atoms with Crippen LogP contribution in [0.3, 0.4) is 0 Å². The molecule has 3 heterocycles. The van der Waals surface area contributed by atoms with Crippen molar-refractivity contribution in [3.8, 4) is 11.5 Å². The van der Waals surface area contributed by atoms with Crippen LogP contribution in [0.15, 0.2) is 102 Å². The molecule has 6 nitrogen and oxygen atoms in total. The second kappa shape index (κ2) is 12.3. The maximum atomic E-state index is 12.6. The fraction of sp³-hybridized carbons (Fsp3) is 0.138. The Morgan fingerprint density at radius 1 is 0.889 bits per heavy atom. The summed E-state index contributed by atoms with van der Waals surface area (Å²) in [7, 11) is 0. The highest BCUT2D eigenvalue weighted by atomic mass is 19.1. The number of aromatic amines is 1. The van der Waals surface area contributed by atoms with Crippen LogP contribution in [0.1, 0.15) is 35.7 Å². The lowest BCUT2D eigenvalue weighted by atomic mass is 10.0. The Morgan fingerprint density at radius 3 is 2.17 bits per heavy atom. The number of hydrogen-bond acceptors (Lipinski definition) is 5. The summed E-state index contributed by atoms with van der Waals surface area (Å²) in [4.78, 5) is 15.3. The van der Waals surface area contributed by atoms with Crippen molar-refractivity contribution in [3.63, 3.8) is 0 Å². The Balaban J connectivity index is 0.000000211. The van der Waals surface area contributed by atoms with Gasteiger partial charge in [-0.15, -0.1) is 5.10 Å². The third-order valence-corrected chi connectivity index (χ3v) is 5.37. The molecule has 0 saturated carbocycles. The third kappa shape index (κ3) is 6.54. The molecule has 0 aliphatic carbocycles. The lowest BCUT2D eigenvalue weighted by Crippen LogP contribution is -2.03. The zero-order valence-corrected chi connectivity index (χ0v) is 20.3. The Labute approximate surface area is 210 Å². The van der Waals surface area contributed by atoms with E-state index in [1.54, 1.807) is 24.5 Å². The van der Waals surface area contributed by atoms with Crippen molar-refractivity contribution in [2.75, 3.05) is 0 Å². The number of benzene rings is 2. The average Bonchev–Trinajstić information content (AvgIpc) is 3.46. The van der Waals surface area contributed by atoms with Crippen LogP contribution in [0.4, 0.5) is 10.2 Å². The molecular weight excluding hydrogens is 451 g/mol. The van der Waals surface area contributed by atoms with Crippen LogP contribution in [0, 0.1) is 12.9 Å². The van der Waals surface area contributed by atoms with E-state index in [2.05, 4.69) is 62.4 Å². The van der Waals surface area contributed by atoms with E-state index in [0.29, 0.717) is 17.3 Å². The number of imidazole rings is 1. The Hall–Kier alpha value is -4.52. The van der Waals surface area contributed by atoms with Crippen molar-refractivity contribution in [1.82, 2.24) is 25.1 Å².